The van der Waals surface area contributed by atoms with E-state index in [0.29, 0.717) is 17.5 Å². The van der Waals surface area contributed by atoms with Crippen molar-refractivity contribution < 1.29 is 19.3 Å². The molecule has 0 fully saturated rings. The van der Waals surface area contributed by atoms with Crippen molar-refractivity contribution in [3.63, 3.8) is 0 Å². The van der Waals surface area contributed by atoms with E-state index in [1.165, 1.54) is 18.2 Å². The number of aromatic nitrogens is 1. The molecule has 6 rings (SSSR count). The molecule has 1 aliphatic rings. The summed E-state index contributed by atoms with van der Waals surface area (Å²) in [5, 5.41) is 12.2. The van der Waals surface area contributed by atoms with Gasteiger partial charge in [-0.3, -0.25) is 35.3 Å². The Morgan fingerprint density at radius 3 is 2.29 bits per heavy atom. The summed E-state index contributed by atoms with van der Waals surface area (Å²) in [6, 6.07) is 26.3. The molecule has 0 bridgehead atoms. The standard InChI is InChI=1S/C38H37N5O5/c1-22(2)20-32(37(45)40-39-36(44)26-18-19-30(43(47)48)24(4)21-26)42-35(27-10-6-7-11-28(27)38(42)46)33-29-12-8-9-13-31(29)41(5)34(33)25-16-14-23(3)15-17-25/h6-19,21-22,32,35H,20H2,1-5H3,(H,39,44)(H,40,45). The van der Waals surface area contributed by atoms with Crippen LogP contribution in [0.5, 0.6) is 0 Å². The van der Waals surface area contributed by atoms with Gasteiger partial charge >= 0.3 is 0 Å². The van der Waals surface area contributed by atoms with Crippen LogP contribution in [0.1, 0.15) is 69.3 Å². The number of hydrazine groups is 1. The van der Waals surface area contributed by atoms with Crippen LogP contribution < -0.4 is 10.9 Å². The number of nitro benzene ring substituents is 1. The van der Waals surface area contributed by atoms with E-state index in [1.54, 1.807) is 17.9 Å². The molecule has 2 atom stereocenters. The zero-order valence-electron chi connectivity index (χ0n) is 27.5. The molecule has 2 unspecified atom stereocenters. The van der Waals surface area contributed by atoms with E-state index in [-0.39, 0.29) is 23.1 Å². The van der Waals surface area contributed by atoms with Gasteiger partial charge in [0.2, 0.25) is 0 Å². The zero-order chi connectivity index (χ0) is 34.3. The number of carbonyl (C=O) groups is 3. The molecule has 2 heterocycles. The lowest BCUT2D eigenvalue weighted by molar-refractivity contribution is -0.385. The normalized spacial score (nSPS) is 14.7. The number of nitro groups is 1. The predicted molar refractivity (Wildman–Crippen MR) is 184 cm³/mol. The molecule has 244 valence electrons. The third-order valence-corrected chi connectivity index (χ3v) is 9.03. The molecule has 48 heavy (non-hydrogen) atoms. The number of nitrogens with one attached hydrogen (secondary N) is 2. The summed E-state index contributed by atoms with van der Waals surface area (Å²) in [5.41, 5.74) is 11.7. The van der Waals surface area contributed by atoms with E-state index < -0.39 is 28.8 Å². The van der Waals surface area contributed by atoms with Gasteiger partial charge in [0.1, 0.15) is 6.04 Å². The van der Waals surface area contributed by atoms with Crippen molar-refractivity contribution in [3.8, 4) is 11.3 Å². The fourth-order valence-electron chi connectivity index (χ4n) is 6.78. The van der Waals surface area contributed by atoms with Crippen molar-refractivity contribution in [2.75, 3.05) is 0 Å². The second-order valence-corrected chi connectivity index (χ2v) is 12.8. The van der Waals surface area contributed by atoms with Gasteiger partial charge in [-0.25, -0.2) is 0 Å². The van der Waals surface area contributed by atoms with Crippen LogP contribution in [0.3, 0.4) is 0 Å². The number of aryl methyl sites for hydroxylation is 3. The Labute approximate surface area is 278 Å². The second kappa shape index (κ2) is 12.8. The Morgan fingerprint density at radius 2 is 1.60 bits per heavy atom. The van der Waals surface area contributed by atoms with Gasteiger partial charge in [0.15, 0.2) is 0 Å². The molecule has 2 N–H and O–H groups in total. The SMILES string of the molecule is Cc1ccc(-c2c(C3c4ccccc4C(=O)N3C(CC(C)C)C(=O)NNC(=O)c3ccc([N+](=O)[O-])c(C)c3)c3ccccc3n2C)cc1. The van der Waals surface area contributed by atoms with Gasteiger partial charge in [0.25, 0.3) is 23.4 Å². The minimum absolute atomic E-state index is 0.0232. The third kappa shape index (κ3) is 5.70. The Bertz CT molecular complexity index is 2080. The average Bonchev–Trinajstić information content (AvgIpc) is 3.52. The molecular formula is C38H37N5O5. The van der Waals surface area contributed by atoms with Crippen molar-refractivity contribution in [2.24, 2.45) is 13.0 Å². The number of nitrogens with zero attached hydrogens (tertiary/aromatic N) is 3. The summed E-state index contributed by atoms with van der Waals surface area (Å²) in [5.74, 6) is -1.42. The average molecular weight is 644 g/mol. The Kier molecular flexibility index (Phi) is 8.58. The van der Waals surface area contributed by atoms with E-state index >= 15 is 0 Å². The first-order chi connectivity index (χ1) is 23.0. The quantitative estimate of drug-likeness (QED) is 0.142. The Balaban J connectivity index is 1.44. The van der Waals surface area contributed by atoms with Crippen molar-refractivity contribution in [1.29, 1.82) is 0 Å². The van der Waals surface area contributed by atoms with Gasteiger partial charge in [-0.2, -0.15) is 0 Å². The first-order valence-electron chi connectivity index (χ1n) is 15.9. The molecule has 10 nitrogen and oxygen atoms in total. The van der Waals surface area contributed by atoms with Gasteiger partial charge in [0, 0.05) is 46.3 Å². The molecule has 5 aromatic rings. The van der Waals surface area contributed by atoms with Crippen molar-refractivity contribution in [3.05, 3.63) is 134 Å². The first-order valence-corrected chi connectivity index (χ1v) is 15.9. The molecule has 1 aliphatic heterocycles. The maximum atomic E-state index is 14.4. The number of para-hydroxylation sites is 1. The lowest BCUT2D eigenvalue weighted by atomic mass is 9.91. The fourth-order valence-corrected chi connectivity index (χ4v) is 6.78. The summed E-state index contributed by atoms with van der Waals surface area (Å²) in [6.45, 7) is 7.55. The molecule has 0 spiro atoms. The molecule has 1 aromatic heterocycles. The van der Waals surface area contributed by atoms with Crippen LogP contribution in [-0.4, -0.2) is 38.2 Å². The lowest BCUT2D eigenvalue weighted by Crippen LogP contribution is -2.54. The zero-order valence-corrected chi connectivity index (χ0v) is 27.5. The van der Waals surface area contributed by atoms with Gasteiger partial charge in [-0.1, -0.05) is 80.1 Å². The molecule has 4 aromatic carbocycles. The van der Waals surface area contributed by atoms with E-state index in [2.05, 4.69) is 51.8 Å². The number of rotatable bonds is 8. The van der Waals surface area contributed by atoms with Crippen LogP contribution in [0, 0.1) is 29.9 Å². The monoisotopic (exact) mass is 643 g/mol. The molecule has 0 aliphatic carbocycles. The molecular weight excluding hydrogens is 606 g/mol. The first kappa shape index (κ1) is 32.2. The van der Waals surface area contributed by atoms with Gasteiger partial charge in [-0.15, -0.1) is 0 Å². The maximum Gasteiger partial charge on any atom is 0.272 e. The highest BCUT2D eigenvalue weighted by molar-refractivity contribution is 6.05. The van der Waals surface area contributed by atoms with Gasteiger partial charge < -0.3 is 9.47 Å². The molecule has 0 saturated carbocycles. The minimum Gasteiger partial charge on any atom is -0.343 e. The van der Waals surface area contributed by atoms with Crippen LogP contribution in [-0.2, 0) is 11.8 Å². The minimum atomic E-state index is -0.946. The van der Waals surface area contributed by atoms with Crippen molar-refractivity contribution in [1.82, 2.24) is 20.3 Å². The third-order valence-electron chi connectivity index (χ3n) is 9.03. The van der Waals surface area contributed by atoms with Crippen LogP contribution in [0.4, 0.5) is 5.69 Å². The van der Waals surface area contributed by atoms with E-state index in [9.17, 15) is 24.5 Å². The van der Waals surface area contributed by atoms with Crippen molar-refractivity contribution >= 4 is 34.3 Å². The number of benzene rings is 4. The largest absolute Gasteiger partial charge is 0.343 e. The molecule has 0 saturated heterocycles. The summed E-state index contributed by atoms with van der Waals surface area (Å²) in [6.07, 6.45) is 0.333. The van der Waals surface area contributed by atoms with E-state index in [4.69, 9.17) is 0 Å². The molecule has 3 amide bonds. The summed E-state index contributed by atoms with van der Waals surface area (Å²) in [7, 11) is 2.02. The van der Waals surface area contributed by atoms with Crippen LogP contribution >= 0.6 is 0 Å². The number of hydrogen-bond donors (Lipinski definition) is 2. The van der Waals surface area contributed by atoms with Crippen LogP contribution in [0.25, 0.3) is 22.2 Å². The van der Waals surface area contributed by atoms with E-state index in [1.807, 2.05) is 58.2 Å². The Morgan fingerprint density at radius 1 is 0.917 bits per heavy atom. The van der Waals surface area contributed by atoms with Crippen LogP contribution in [0.2, 0.25) is 0 Å². The number of hydrogen-bond acceptors (Lipinski definition) is 5. The van der Waals surface area contributed by atoms with Gasteiger partial charge in [0.05, 0.1) is 16.7 Å². The Hall–Kier alpha value is -5.77. The smallest absolute Gasteiger partial charge is 0.272 e. The fraction of sp³-hybridized carbons (Fsp3) is 0.237. The molecule has 0 radical (unpaired) electrons. The maximum absolute atomic E-state index is 14.4. The summed E-state index contributed by atoms with van der Waals surface area (Å²) in [4.78, 5) is 54.0. The highest BCUT2D eigenvalue weighted by Crippen LogP contribution is 2.47. The highest BCUT2D eigenvalue weighted by Gasteiger charge is 2.46. The highest BCUT2D eigenvalue weighted by atomic mass is 16.6. The summed E-state index contributed by atoms with van der Waals surface area (Å²) >= 11 is 0. The lowest BCUT2D eigenvalue weighted by Gasteiger charge is -2.34. The second-order valence-electron chi connectivity index (χ2n) is 12.8. The van der Waals surface area contributed by atoms with Crippen LogP contribution in [0.15, 0.2) is 91.0 Å². The molecule has 10 heteroatoms. The number of carbonyl (C=O) groups excluding carboxylic acids is 3. The van der Waals surface area contributed by atoms with Crippen molar-refractivity contribution in [2.45, 2.75) is 46.2 Å². The topological polar surface area (TPSA) is 127 Å². The predicted octanol–water partition coefficient (Wildman–Crippen LogP) is 6.79. The van der Waals surface area contributed by atoms with Gasteiger partial charge in [-0.05, 0) is 61.6 Å². The number of fused-ring (bicyclic) bond motifs is 2. The van der Waals surface area contributed by atoms with E-state index in [0.717, 1.165) is 38.9 Å². The number of amides is 3. The summed E-state index contributed by atoms with van der Waals surface area (Å²) < 4.78 is 2.14.